The number of ether oxygens (including phenoxy) is 1. The second-order valence-electron chi connectivity index (χ2n) is 15.4. The fraction of sp³-hybridized carbons (Fsp3) is 0.0364. The molecule has 3 heterocycles. The van der Waals surface area contributed by atoms with Crippen molar-refractivity contribution in [3.8, 4) is 50.8 Å². The number of benzene rings is 8. The lowest BCUT2D eigenvalue weighted by Crippen LogP contribution is -2.25. The fourth-order valence-electron chi connectivity index (χ4n) is 9.20. The van der Waals surface area contributed by atoms with E-state index in [4.69, 9.17) is 24.1 Å². The summed E-state index contributed by atoms with van der Waals surface area (Å²) in [5.74, 6) is 2.50. The topological polar surface area (TPSA) is 61.0 Å². The summed E-state index contributed by atoms with van der Waals surface area (Å²) in [6.07, 6.45) is 4.12. The van der Waals surface area contributed by atoms with E-state index >= 15 is 0 Å². The third kappa shape index (κ3) is 5.58. The minimum Gasteiger partial charge on any atom is -0.484 e. The molecule has 2 aliphatic rings. The zero-order chi connectivity index (χ0) is 39.6. The Hall–Kier alpha value is -7.89. The number of nitrogens with zero attached hydrogens (tertiary/aromatic N) is 3. The maximum absolute atomic E-state index is 6.98. The molecule has 5 nitrogen and oxygen atoms in total. The van der Waals surface area contributed by atoms with Gasteiger partial charge < -0.3 is 9.15 Å². The van der Waals surface area contributed by atoms with Crippen molar-refractivity contribution in [2.24, 2.45) is 0 Å². The van der Waals surface area contributed by atoms with Gasteiger partial charge in [0.2, 0.25) is 0 Å². The number of para-hydroxylation sites is 2. The largest absolute Gasteiger partial charge is 0.484 e. The molecule has 60 heavy (non-hydrogen) atoms. The Balaban J connectivity index is 1.06. The predicted octanol–water partition coefficient (Wildman–Crippen LogP) is 13.6. The molecule has 5 heteroatoms. The number of furan rings is 1. The summed E-state index contributed by atoms with van der Waals surface area (Å²) in [4.78, 5) is 15.9. The molecule has 0 N–H and O–H groups in total. The van der Waals surface area contributed by atoms with Crippen LogP contribution in [0.3, 0.4) is 0 Å². The van der Waals surface area contributed by atoms with Gasteiger partial charge in [-0.1, -0.05) is 182 Å². The first kappa shape index (κ1) is 34.2. The molecule has 2 unspecified atom stereocenters. The van der Waals surface area contributed by atoms with E-state index in [9.17, 15) is 0 Å². The van der Waals surface area contributed by atoms with E-state index in [2.05, 4.69) is 158 Å². The number of allylic oxidation sites excluding steroid dienone is 2. The lowest BCUT2D eigenvalue weighted by Gasteiger charge is -2.28. The minimum absolute atomic E-state index is 0.164. The van der Waals surface area contributed by atoms with Gasteiger partial charge in [-0.2, -0.15) is 0 Å². The van der Waals surface area contributed by atoms with E-state index in [-0.39, 0.29) is 12.0 Å². The molecule has 10 aromatic rings. The minimum atomic E-state index is -0.302. The van der Waals surface area contributed by atoms with Crippen LogP contribution in [-0.4, -0.2) is 21.1 Å². The molecule has 0 spiro atoms. The molecule has 0 fully saturated rings. The van der Waals surface area contributed by atoms with Crippen molar-refractivity contribution in [3.05, 3.63) is 217 Å². The lowest BCUT2D eigenvalue weighted by atomic mass is 9.77. The van der Waals surface area contributed by atoms with Crippen molar-refractivity contribution in [1.29, 1.82) is 0 Å². The van der Waals surface area contributed by atoms with Crippen LogP contribution in [-0.2, 0) is 0 Å². The first-order valence-corrected chi connectivity index (χ1v) is 20.3. The molecule has 1 aliphatic heterocycles. The highest BCUT2D eigenvalue weighted by atomic mass is 16.5. The highest BCUT2D eigenvalue weighted by Crippen LogP contribution is 2.52. The van der Waals surface area contributed by atoms with Crippen LogP contribution in [0.5, 0.6) is 5.75 Å². The number of rotatable bonds is 6. The van der Waals surface area contributed by atoms with Crippen LogP contribution >= 0.6 is 0 Å². The van der Waals surface area contributed by atoms with Crippen LogP contribution in [0, 0.1) is 0 Å². The first-order valence-electron chi connectivity index (χ1n) is 20.3. The van der Waals surface area contributed by atoms with Crippen molar-refractivity contribution in [3.63, 3.8) is 0 Å². The zero-order valence-corrected chi connectivity index (χ0v) is 32.4. The first-order chi connectivity index (χ1) is 29.7. The number of fused-ring (bicyclic) bond motifs is 7. The summed E-state index contributed by atoms with van der Waals surface area (Å²) < 4.78 is 13.3. The van der Waals surface area contributed by atoms with Gasteiger partial charge >= 0.3 is 0 Å². The maximum atomic E-state index is 6.98. The van der Waals surface area contributed by atoms with Gasteiger partial charge in [0, 0.05) is 38.6 Å². The lowest BCUT2D eigenvalue weighted by molar-refractivity contribution is 0.281. The number of hydrogen-bond acceptors (Lipinski definition) is 5. The van der Waals surface area contributed by atoms with Crippen molar-refractivity contribution in [2.75, 3.05) is 0 Å². The quantitative estimate of drug-likeness (QED) is 0.169. The second-order valence-corrected chi connectivity index (χ2v) is 15.4. The molecule has 0 amide bonds. The summed E-state index contributed by atoms with van der Waals surface area (Å²) in [7, 11) is 0. The Bertz CT molecular complexity index is 3350. The van der Waals surface area contributed by atoms with Gasteiger partial charge in [0.05, 0.1) is 5.92 Å². The Morgan fingerprint density at radius 3 is 1.77 bits per heavy atom. The molecule has 1 aliphatic carbocycles. The van der Waals surface area contributed by atoms with Crippen molar-refractivity contribution < 1.29 is 9.15 Å². The van der Waals surface area contributed by atoms with Crippen LogP contribution in [0.2, 0.25) is 0 Å². The molecule has 2 aromatic heterocycles. The SMILES string of the molecule is C1=C(c2ccc(-c3ccccc3)c3ccccc23)C2Oc3ccccc3C2C(c2nc(-c3ccc(-c4ccccc4)cc3)nc(-c3cccc4oc5ccccc5c34)n2)=C1. The van der Waals surface area contributed by atoms with Gasteiger partial charge in [-0.05, 0) is 56.8 Å². The van der Waals surface area contributed by atoms with Crippen LogP contribution in [0.15, 0.2) is 205 Å². The molecule has 0 saturated heterocycles. The van der Waals surface area contributed by atoms with Crippen LogP contribution < -0.4 is 4.74 Å². The summed E-state index contributed by atoms with van der Waals surface area (Å²) in [6.45, 7) is 0. The average Bonchev–Trinajstić information content (AvgIpc) is 3.91. The summed E-state index contributed by atoms with van der Waals surface area (Å²) in [5.41, 5.74) is 12.5. The van der Waals surface area contributed by atoms with E-state index in [0.29, 0.717) is 17.5 Å². The second kappa shape index (κ2) is 13.9. The van der Waals surface area contributed by atoms with Gasteiger partial charge in [0.15, 0.2) is 17.5 Å². The molecule has 12 rings (SSSR count). The van der Waals surface area contributed by atoms with Crippen LogP contribution in [0.4, 0.5) is 0 Å². The van der Waals surface area contributed by atoms with Gasteiger partial charge in [-0.3, -0.25) is 0 Å². The third-order valence-corrected chi connectivity index (χ3v) is 12.0. The summed E-state index contributed by atoms with van der Waals surface area (Å²) in [5, 5.41) is 4.39. The van der Waals surface area contributed by atoms with Crippen molar-refractivity contribution in [1.82, 2.24) is 15.0 Å². The molecule has 0 saturated carbocycles. The maximum Gasteiger partial charge on any atom is 0.164 e. The molecular weight excluding hydrogens is 735 g/mol. The van der Waals surface area contributed by atoms with Gasteiger partial charge in [0.25, 0.3) is 0 Å². The van der Waals surface area contributed by atoms with Gasteiger partial charge in [-0.25, -0.2) is 15.0 Å². The van der Waals surface area contributed by atoms with E-state index in [0.717, 1.165) is 72.2 Å². The smallest absolute Gasteiger partial charge is 0.164 e. The average molecular weight is 770 g/mol. The van der Waals surface area contributed by atoms with Crippen molar-refractivity contribution in [2.45, 2.75) is 12.0 Å². The highest BCUT2D eigenvalue weighted by molar-refractivity contribution is 6.12. The molecule has 282 valence electrons. The highest BCUT2D eigenvalue weighted by Gasteiger charge is 2.43. The summed E-state index contributed by atoms with van der Waals surface area (Å²) >= 11 is 0. The van der Waals surface area contributed by atoms with Crippen molar-refractivity contribution >= 4 is 43.9 Å². The zero-order valence-electron chi connectivity index (χ0n) is 32.4. The third-order valence-electron chi connectivity index (χ3n) is 12.0. The van der Waals surface area contributed by atoms with Gasteiger partial charge in [-0.15, -0.1) is 0 Å². The number of hydrogen-bond donors (Lipinski definition) is 0. The Kier molecular flexibility index (Phi) is 7.91. The normalized spacial score (nSPS) is 15.7. The summed E-state index contributed by atoms with van der Waals surface area (Å²) in [6, 6.07) is 65.3. The van der Waals surface area contributed by atoms with Crippen LogP contribution in [0.1, 0.15) is 22.9 Å². The predicted molar refractivity (Wildman–Crippen MR) is 242 cm³/mol. The standard InChI is InChI=1S/C55H35N3O2/c1-3-14-34(15-4-1)35-26-28-37(29-27-35)53-56-54(45-22-13-25-49-50(45)43-20-9-11-23-47(43)59-49)58-55(57-53)46-33-32-42(52-51(46)44-21-10-12-24-48(44)60-52)41-31-30-38(36-16-5-2-6-17-36)39-18-7-8-19-40(39)41/h1-33,51-52H. The monoisotopic (exact) mass is 769 g/mol. The molecule has 0 radical (unpaired) electrons. The molecule has 8 aromatic carbocycles. The van der Waals surface area contributed by atoms with Crippen LogP contribution in [0.25, 0.3) is 88.9 Å². The Morgan fingerprint density at radius 1 is 0.367 bits per heavy atom. The van der Waals surface area contributed by atoms with E-state index in [1.54, 1.807) is 0 Å². The molecular formula is C55H35N3O2. The Morgan fingerprint density at radius 2 is 0.950 bits per heavy atom. The fourth-order valence-corrected chi connectivity index (χ4v) is 9.20. The van der Waals surface area contributed by atoms with Gasteiger partial charge in [0.1, 0.15) is 23.0 Å². The Labute approximate surface area is 346 Å². The van der Waals surface area contributed by atoms with E-state index in [1.807, 2.05) is 42.5 Å². The molecule has 0 bridgehead atoms. The number of aromatic nitrogens is 3. The van der Waals surface area contributed by atoms with E-state index in [1.165, 1.54) is 21.9 Å². The molecule has 2 atom stereocenters. The van der Waals surface area contributed by atoms with E-state index < -0.39 is 0 Å².